The van der Waals surface area contributed by atoms with Crippen LogP contribution in [0, 0.1) is 0 Å². The molecule has 0 aliphatic carbocycles. The molecule has 3 nitrogen and oxygen atoms in total. The van der Waals surface area contributed by atoms with Gasteiger partial charge >= 0.3 is 0 Å². The van der Waals surface area contributed by atoms with Crippen molar-refractivity contribution < 1.29 is 9.47 Å². The van der Waals surface area contributed by atoms with Crippen molar-refractivity contribution in [3.05, 3.63) is 83.9 Å². The highest BCUT2D eigenvalue weighted by atomic mass is 16.5. The Morgan fingerprint density at radius 3 is 2.16 bits per heavy atom. The van der Waals surface area contributed by atoms with Crippen molar-refractivity contribution in [3.63, 3.8) is 0 Å². The molecule has 0 radical (unpaired) electrons. The fourth-order valence-electron chi connectivity index (χ4n) is 3.73. The summed E-state index contributed by atoms with van der Waals surface area (Å²) in [6.07, 6.45) is 5.88. The highest BCUT2D eigenvalue weighted by Crippen LogP contribution is 2.29. The maximum absolute atomic E-state index is 6.34. The normalized spacial score (nSPS) is 25.8. The molecule has 0 spiro atoms. The molecule has 0 bridgehead atoms. The molecule has 0 aromatic heterocycles. The largest absolute Gasteiger partial charge is 0.369 e. The van der Waals surface area contributed by atoms with Gasteiger partial charge in [0.05, 0.1) is 25.4 Å². The first-order valence-corrected chi connectivity index (χ1v) is 9.12. The molecule has 1 saturated heterocycles. The van der Waals surface area contributed by atoms with Gasteiger partial charge in [0.1, 0.15) is 6.10 Å². The molecule has 25 heavy (non-hydrogen) atoms. The summed E-state index contributed by atoms with van der Waals surface area (Å²) in [5, 5.41) is 0. The molecule has 0 unspecified atom stereocenters. The molecule has 2 aromatic rings. The molecule has 4 rings (SSSR count). The van der Waals surface area contributed by atoms with E-state index in [4.69, 9.17) is 9.47 Å². The Kier molecular flexibility index (Phi) is 5.26. The first kappa shape index (κ1) is 16.5. The van der Waals surface area contributed by atoms with Crippen molar-refractivity contribution in [2.24, 2.45) is 0 Å². The summed E-state index contributed by atoms with van der Waals surface area (Å²) >= 11 is 0. The van der Waals surface area contributed by atoms with Crippen molar-refractivity contribution >= 4 is 0 Å². The monoisotopic (exact) mass is 335 g/mol. The average molecular weight is 335 g/mol. The summed E-state index contributed by atoms with van der Waals surface area (Å²) in [6.45, 7) is 3.31. The summed E-state index contributed by atoms with van der Waals surface area (Å²) < 4.78 is 12.6. The van der Waals surface area contributed by atoms with Crippen LogP contribution in [0.3, 0.4) is 0 Å². The molecule has 130 valence electrons. The molecule has 1 fully saturated rings. The van der Waals surface area contributed by atoms with Gasteiger partial charge in [-0.2, -0.15) is 0 Å². The zero-order chi connectivity index (χ0) is 16.9. The van der Waals surface area contributed by atoms with E-state index in [1.165, 1.54) is 11.1 Å². The predicted molar refractivity (Wildman–Crippen MR) is 99.2 cm³/mol. The summed E-state index contributed by atoms with van der Waals surface area (Å²) in [4.78, 5) is 2.49. The molecule has 0 amide bonds. The molecule has 2 aliphatic rings. The Bertz CT molecular complexity index is 686. The van der Waals surface area contributed by atoms with E-state index in [0.29, 0.717) is 19.3 Å². The minimum absolute atomic E-state index is 0.0838. The Hall–Kier alpha value is -1.94. The van der Waals surface area contributed by atoms with E-state index < -0.39 is 0 Å². The molecule has 2 heterocycles. The van der Waals surface area contributed by atoms with E-state index >= 15 is 0 Å². The zero-order valence-electron chi connectivity index (χ0n) is 14.5. The Balaban J connectivity index is 1.43. The fraction of sp³-hybridized carbons (Fsp3) is 0.364. The average Bonchev–Trinajstić information content (AvgIpc) is 3.04. The summed E-state index contributed by atoms with van der Waals surface area (Å²) in [5.74, 6) is 0. The predicted octanol–water partition coefficient (Wildman–Crippen LogP) is 3.80. The van der Waals surface area contributed by atoms with Gasteiger partial charge in [0.2, 0.25) is 0 Å². The maximum Gasteiger partial charge on any atom is 0.104 e. The summed E-state index contributed by atoms with van der Waals surface area (Å²) in [6, 6.07) is 21.1. The van der Waals surface area contributed by atoms with Crippen LogP contribution in [0.15, 0.2) is 72.8 Å². The van der Waals surface area contributed by atoms with Gasteiger partial charge in [-0.3, -0.25) is 4.90 Å². The number of hydrogen-bond donors (Lipinski definition) is 0. The van der Waals surface area contributed by atoms with Crippen molar-refractivity contribution in [1.82, 2.24) is 4.90 Å². The van der Waals surface area contributed by atoms with E-state index in [2.05, 4.69) is 65.6 Å². The quantitative estimate of drug-likeness (QED) is 0.750. The lowest BCUT2D eigenvalue weighted by atomic mass is 10.1. The SMILES string of the molecule is C1=C[C@@H]2[C@H](OCc3ccccc3)[C@H](OCc3ccccc3)CN2CC1. The van der Waals surface area contributed by atoms with Crippen molar-refractivity contribution in [2.45, 2.75) is 37.9 Å². The van der Waals surface area contributed by atoms with Gasteiger partial charge in [0.15, 0.2) is 0 Å². The van der Waals surface area contributed by atoms with E-state index in [9.17, 15) is 0 Å². The van der Waals surface area contributed by atoms with Gasteiger partial charge in [0, 0.05) is 13.1 Å². The van der Waals surface area contributed by atoms with Crippen molar-refractivity contribution in [1.29, 1.82) is 0 Å². The number of fused-ring (bicyclic) bond motifs is 1. The van der Waals surface area contributed by atoms with E-state index in [1.807, 2.05) is 12.1 Å². The Morgan fingerprint density at radius 2 is 1.48 bits per heavy atom. The van der Waals surface area contributed by atoms with E-state index in [0.717, 1.165) is 19.5 Å². The summed E-state index contributed by atoms with van der Waals surface area (Å²) in [7, 11) is 0. The second-order valence-electron chi connectivity index (χ2n) is 6.80. The third kappa shape index (κ3) is 4.01. The highest BCUT2D eigenvalue weighted by Gasteiger charge is 2.42. The highest BCUT2D eigenvalue weighted by molar-refractivity contribution is 5.16. The third-order valence-electron chi connectivity index (χ3n) is 5.05. The number of ether oxygens (including phenoxy) is 2. The van der Waals surface area contributed by atoms with E-state index in [1.54, 1.807) is 0 Å². The maximum atomic E-state index is 6.34. The van der Waals surface area contributed by atoms with Crippen LogP contribution in [-0.2, 0) is 22.7 Å². The standard InChI is InChI=1S/C22H25NO2/c1-3-9-18(10-4-1)16-24-21-15-23-14-8-7-13-20(23)22(21)25-17-19-11-5-2-6-12-19/h1-7,9-13,20-22H,8,14-17H2/t20-,21-,22+/m1/s1. The number of hydrogen-bond acceptors (Lipinski definition) is 3. The van der Waals surface area contributed by atoms with Gasteiger partial charge in [-0.1, -0.05) is 72.8 Å². The fourth-order valence-corrected chi connectivity index (χ4v) is 3.73. The van der Waals surface area contributed by atoms with E-state index in [-0.39, 0.29) is 12.2 Å². The molecule has 0 saturated carbocycles. The molecule has 0 N–H and O–H groups in total. The molecule has 3 heteroatoms. The minimum atomic E-state index is 0.0838. The minimum Gasteiger partial charge on any atom is -0.369 e. The lowest BCUT2D eigenvalue weighted by Crippen LogP contribution is -2.38. The molecular formula is C22H25NO2. The van der Waals surface area contributed by atoms with Crippen LogP contribution in [-0.4, -0.2) is 36.2 Å². The van der Waals surface area contributed by atoms with Crippen LogP contribution >= 0.6 is 0 Å². The Labute approximate surface area is 149 Å². The van der Waals surface area contributed by atoms with Gasteiger partial charge in [0.25, 0.3) is 0 Å². The van der Waals surface area contributed by atoms with Gasteiger partial charge in [-0.25, -0.2) is 0 Å². The third-order valence-corrected chi connectivity index (χ3v) is 5.05. The summed E-state index contributed by atoms with van der Waals surface area (Å²) in [5.41, 5.74) is 2.42. The molecule has 2 aliphatic heterocycles. The lowest BCUT2D eigenvalue weighted by molar-refractivity contribution is -0.0661. The number of benzene rings is 2. The molecule has 3 atom stereocenters. The Morgan fingerprint density at radius 1 is 0.840 bits per heavy atom. The lowest BCUT2D eigenvalue weighted by Gasteiger charge is -2.28. The van der Waals surface area contributed by atoms with Gasteiger partial charge in [-0.05, 0) is 17.5 Å². The van der Waals surface area contributed by atoms with Gasteiger partial charge in [-0.15, -0.1) is 0 Å². The van der Waals surface area contributed by atoms with Crippen LogP contribution in [0.25, 0.3) is 0 Å². The topological polar surface area (TPSA) is 21.7 Å². The number of rotatable bonds is 6. The van der Waals surface area contributed by atoms with Crippen LogP contribution in [0.5, 0.6) is 0 Å². The van der Waals surface area contributed by atoms with Crippen LogP contribution in [0.1, 0.15) is 17.5 Å². The van der Waals surface area contributed by atoms with Crippen molar-refractivity contribution in [3.8, 4) is 0 Å². The first-order chi connectivity index (χ1) is 12.4. The van der Waals surface area contributed by atoms with Crippen molar-refractivity contribution in [2.75, 3.05) is 13.1 Å². The molecular weight excluding hydrogens is 310 g/mol. The number of nitrogens with zero attached hydrogens (tertiary/aromatic N) is 1. The molecule has 2 aromatic carbocycles. The van der Waals surface area contributed by atoms with Crippen LogP contribution in [0.2, 0.25) is 0 Å². The van der Waals surface area contributed by atoms with Crippen LogP contribution in [0.4, 0.5) is 0 Å². The van der Waals surface area contributed by atoms with Gasteiger partial charge < -0.3 is 9.47 Å². The first-order valence-electron chi connectivity index (χ1n) is 9.12. The zero-order valence-corrected chi connectivity index (χ0v) is 14.5. The second kappa shape index (κ2) is 7.96. The second-order valence-corrected chi connectivity index (χ2v) is 6.80. The smallest absolute Gasteiger partial charge is 0.104 e. The van der Waals surface area contributed by atoms with Crippen LogP contribution < -0.4 is 0 Å².